The van der Waals surface area contributed by atoms with Crippen molar-refractivity contribution in [3.05, 3.63) is 125 Å². The predicted octanol–water partition coefficient (Wildman–Crippen LogP) is 5.09. The Hall–Kier alpha value is -4.71. The quantitative estimate of drug-likeness (QED) is 0.249. The maximum absolute atomic E-state index is 12.9. The summed E-state index contributed by atoms with van der Waals surface area (Å²) in [5.74, 6) is -1.52. The van der Waals surface area contributed by atoms with Crippen LogP contribution in [0.3, 0.4) is 0 Å². The van der Waals surface area contributed by atoms with Crippen LogP contribution in [0.5, 0.6) is 11.5 Å². The van der Waals surface area contributed by atoms with Gasteiger partial charge in [-0.3, -0.25) is 9.59 Å². The van der Waals surface area contributed by atoms with Gasteiger partial charge in [-0.1, -0.05) is 66.7 Å². The first kappa shape index (κ1) is 21.5. The number of ketones is 1. The van der Waals surface area contributed by atoms with E-state index >= 15 is 0 Å². The third-order valence-corrected chi connectivity index (χ3v) is 4.88. The highest BCUT2D eigenvalue weighted by molar-refractivity contribution is 6.17. The van der Waals surface area contributed by atoms with Gasteiger partial charge in [-0.25, -0.2) is 4.79 Å². The summed E-state index contributed by atoms with van der Waals surface area (Å²) >= 11 is 0. The van der Waals surface area contributed by atoms with E-state index in [-0.39, 0.29) is 33.9 Å². The normalized spacial score (nSPS) is 10.3. The SMILES string of the molecule is O=C(Oc1ccccc1)c1ccc(NC(=O)c2ccccc2C(=O)c2ccccc2)cc1O. The maximum Gasteiger partial charge on any atom is 0.347 e. The predicted molar refractivity (Wildman–Crippen MR) is 124 cm³/mol. The molecule has 4 aromatic carbocycles. The molecule has 0 fully saturated rings. The van der Waals surface area contributed by atoms with Crippen LogP contribution in [0.25, 0.3) is 0 Å². The van der Waals surface area contributed by atoms with Gasteiger partial charge in [-0.15, -0.1) is 0 Å². The fourth-order valence-corrected chi connectivity index (χ4v) is 3.26. The van der Waals surface area contributed by atoms with E-state index in [2.05, 4.69) is 5.32 Å². The number of anilines is 1. The van der Waals surface area contributed by atoms with Crippen LogP contribution in [0, 0.1) is 0 Å². The maximum atomic E-state index is 12.9. The van der Waals surface area contributed by atoms with Crippen LogP contribution < -0.4 is 10.1 Å². The molecule has 0 saturated carbocycles. The Bertz CT molecular complexity index is 1320. The van der Waals surface area contributed by atoms with Gasteiger partial charge in [-0.05, 0) is 30.3 Å². The Morgan fingerprint density at radius 3 is 1.94 bits per heavy atom. The monoisotopic (exact) mass is 437 g/mol. The number of rotatable bonds is 6. The first-order valence-electron chi connectivity index (χ1n) is 10.1. The van der Waals surface area contributed by atoms with Gasteiger partial charge < -0.3 is 15.2 Å². The lowest BCUT2D eigenvalue weighted by molar-refractivity contribution is 0.0731. The van der Waals surface area contributed by atoms with Gasteiger partial charge in [0.25, 0.3) is 5.91 Å². The van der Waals surface area contributed by atoms with Crippen LogP contribution in [0.2, 0.25) is 0 Å². The minimum absolute atomic E-state index is 0.0449. The van der Waals surface area contributed by atoms with Gasteiger partial charge in [-0.2, -0.15) is 0 Å². The molecule has 0 unspecified atom stereocenters. The molecule has 4 rings (SSSR count). The molecule has 6 heteroatoms. The van der Waals surface area contributed by atoms with Gasteiger partial charge in [0.05, 0.1) is 5.56 Å². The topological polar surface area (TPSA) is 92.7 Å². The standard InChI is InChI=1S/C27H19NO5/c29-24-17-19(15-16-23(24)27(32)33-20-11-5-2-6-12-20)28-26(31)22-14-8-7-13-21(22)25(30)18-9-3-1-4-10-18/h1-17,29H,(H,28,31). The number of hydrogen-bond donors (Lipinski definition) is 2. The zero-order valence-electron chi connectivity index (χ0n) is 17.4. The number of esters is 1. The zero-order chi connectivity index (χ0) is 23.2. The van der Waals surface area contributed by atoms with Crippen LogP contribution in [0.4, 0.5) is 5.69 Å². The Labute approximate surface area is 190 Å². The Kier molecular flexibility index (Phi) is 6.27. The summed E-state index contributed by atoms with van der Waals surface area (Å²) < 4.78 is 5.23. The number of ether oxygens (including phenoxy) is 1. The van der Waals surface area contributed by atoms with Crippen molar-refractivity contribution in [1.82, 2.24) is 0 Å². The Balaban J connectivity index is 1.52. The van der Waals surface area contributed by atoms with Gasteiger partial charge in [0, 0.05) is 22.9 Å². The molecular formula is C27H19NO5. The number of phenolic OH excluding ortho intramolecular Hbond substituents is 1. The molecule has 0 atom stereocenters. The molecule has 0 bridgehead atoms. The Morgan fingerprint density at radius 2 is 1.27 bits per heavy atom. The summed E-state index contributed by atoms with van der Waals surface area (Å²) in [7, 11) is 0. The molecule has 0 spiro atoms. The molecule has 6 nitrogen and oxygen atoms in total. The van der Waals surface area contributed by atoms with Crippen LogP contribution >= 0.6 is 0 Å². The second-order valence-electron chi connectivity index (χ2n) is 7.13. The third-order valence-electron chi connectivity index (χ3n) is 4.88. The van der Waals surface area contributed by atoms with Crippen molar-refractivity contribution < 1.29 is 24.2 Å². The largest absolute Gasteiger partial charge is 0.507 e. The molecule has 0 aliphatic carbocycles. The van der Waals surface area contributed by atoms with E-state index in [4.69, 9.17) is 4.74 Å². The highest BCUT2D eigenvalue weighted by atomic mass is 16.5. The lowest BCUT2D eigenvalue weighted by atomic mass is 9.98. The van der Waals surface area contributed by atoms with Gasteiger partial charge in [0.1, 0.15) is 17.1 Å². The van der Waals surface area contributed by atoms with Crippen LogP contribution in [0.15, 0.2) is 103 Å². The van der Waals surface area contributed by atoms with E-state index in [0.29, 0.717) is 11.3 Å². The highest BCUT2D eigenvalue weighted by Gasteiger charge is 2.19. The number of aromatic hydroxyl groups is 1. The van der Waals surface area contributed by atoms with Crippen molar-refractivity contribution >= 4 is 23.3 Å². The van der Waals surface area contributed by atoms with E-state index in [1.54, 1.807) is 84.9 Å². The van der Waals surface area contributed by atoms with Crippen LogP contribution in [-0.4, -0.2) is 22.8 Å². The lowest BCUT2D eigenvalue weighted by Crippen LogP contribution is -2.17. The second-order valence-corrected chi connectivity index (χ2v) is 7.13. The zero-order valence-corrected chi connectivity index (χ0v) is 17.4. The van der Waals surface area contributed by atoms with Crippen LogP contribution in [-0.2, 0) is 0 Å². The molecule has 0 saturated heterocycles. The number of hydrogen-bond acceptors (Lipinski definition) is 5. The number of nitrogens with one attached hydrogen (secondary N) is 1. The number of phenols is 1. The molecule has 1 amide bonds. The Morgan fingerprint density at radius 1 is 0.667 bits per heavy atom. The summed E-state index contributed by atoms with van der Waals surface area (Å²) in [6, 6.07) is 27.7. The fourth-order valence-electron chi connectivity index (χ4n) is 3.26. The number of carbonyl (C=O) groups excluding carboxylic acids is 3. The molecule has 0 aliphatic heterocycles. The number of para-hydroxylation sites is 1. The van der Waals surface area contributed by atoms with Crippen molar-refractivity contribution in [3.8, 4) is 11.5 Å². The van der Waals surface area contributed by atoms with Crippen molar-refractivity contribution in [2.45, 2.75) is 0 Å². The lowest BCUT2D eigenvalue weighted by Gasteiger charge is -2.11. The average molecular weight is 437 g/mol. The highest BCUT2D eigenvalue weighted by Crippen LogP contribution is 2.25. The summed E-state index contributed by atoms with van der Waals surface area (Å²) in [6.07, 6.45) is 0. The van der Waals surface area contributed by atoms with E-state index < -0.39 is 11.9 Å². The number of benzene rings is 4. The minimum Gasteiger partial charge on any atom is -0.507 e. The molecule has 33 heavy (non-hydrogen) atoms. The van der Waals surface area contributed by atoms with E-state index in [1.165, 1.54) is 18.2 Å². The molecule has 2 N–H and O–H groups in total. The molecule has 0 radical (unpaired) electrons. The number of carbonyl (C=O) groups is 3. The summed E-state index contributed by atoms with van der Waals surface area (Å²) in [4.78, 5) is 38.1. The van der Waals surface area contributed by atoms with Crippen molar-refractivity contribution in [1.29, 1.82) is 0 Å². The van der Waals surface area contributed by atoms with E-state index in [1.807, 2.05) is 0 Å². The molecular weight excluding hydrogens is 418 g/mol. The van der Waals surface area contributed by atoms with Gasteiger partial charge >= 0.3 is 5.97 Å². The van der Waals surface area contributed by atoms with Gasteiger partial charge in [0.15, 0.2) is 5.78 Å². The number of amides is 1. The first-order valence-corrected chi connectivity index (χ1v) is 10.1. The third kappa shape index (κ3) is 4.97. The molecule has 162 valence electrons. The first-order chi connectivity index (χ1) is 16.0. The van der Waals surface area contributed by atoms with Crippen molar-refractivity contribution in [2.24, 2.45) is 0 Å². The van der Waals surface area contributed by atoms with Crippen LogP contribution in [0.1, 0.15) is 36.6 Å². The average Bonchev–Trinajstić information content (AvgIpc) is 2.84. The summed E-state index contributed by atoms with van der Waals surface area (Å²) in [6.45, 7) is 0. The van der Waals surface area contributed by atoms with E-state index in [0.717, 1.165) is 0 Å². The van der Waals surface area contributed by atoms with Crippen molar-refractivity contribution in [3.63, 3.8) is 0 Å². The minimum atomic E-state index is -0.727. The van der Waals surface area contributed by atoms with Crippen molar-refractivity contribution in [2.75, 3.05) is 5.32 Å². The molecule has 4 aromatic rings. The van der Waals surface area contributed by atoms with Gasteiger partial charge in [0.2, 0.25) is 0 Å². The molecule has 0 heterocycles. The summed E-state index contributed by atoms with van der Waals surface area (Å²) in [5.41, 5.74) is 1.13. The smallest absolute Gasteiger partial charge is 0.347 e. The summed E-state index contributed by atoms with van der Waals surface area (Å²) in [5, 5.41) is 13.0. The molecule has 0 aliphatic rings. The molecule has 0 aromatic heterocycles. The fraction of sp³-hybridized carbons (Fsp3) is 0. The second kappa shape index (κ2) is 9.62. The van der Waals surface area contributed by atoms with E-state index in [9.17, 15) is 19.5 Å².